The molecular formula is C25H44N4O3S. The average molecular weight is 481 g/mol. The number of carbonyl (C=O) groups is 2. The minimum absolute atomic E-state index is 0.0540. The van der Waals surface area contributed by atoms with Crippen LogP contribution in [0.3, 0.4) is 0 Å². The standard InChI is InChI=1S/C25H44N4O3S/c1-4-32-24(31)28-21(25(2,3)18-8-5-6-9-18)23(33)29-15-7-10-20(29)22(30)27-16-17-11-13-19(26)14-12-17/h17-21H,4-16,26H2,1-3H3,(H,27,30)(H,28,31)/t17?,19?,20-,21+/m0/s1. The molecule has 0 aromatic carbocycles. The van der Waals surface area contributed by atoms with Crippen molar-refractivity contribution >= 4 is 29.2 Å². The van der Waals surface area contributed by atoms with Gasteiger partial charge in [-0.15, -0.1) is 0 Å². The Labute approximate surface area is 204 Å². The molecule has 3 rings (SSSR count). The zero-order valence-electron chi connectivity index (χ0n) is 20.7. The van der Waals surface area contributed by atoms with E-state index in [4.69, 9.17) is 22.7 Å². The largest absolute Gasteiger partial charge is 0.450 e. The van der Waals surface area contributed by atoms with Gasteiger partial charge < -0.3 is 26.0 Å². The quantitative estimate of drug-likeness (QED) is 0.458. The summed E-state index contributed by atoms with van der Waals surface area (Å²) in [7, 11) is 0. The predicted molar refractivity (Wildman–Crippen MR) is 135 cm³/mol. The molecule has 7 nitrogen and oxygen atoms in total. The summed E-state index contributed by atoms with van der Waals surface area (Å²) in [6, 6.07) is -0.302. The van der Waals surface area contributed by atoms with Gasteiger partial charge in [-0.1, -0.05) is 38.9 Å². The van der Waals surface area contributed by atoms with Gasteiger partial charge in [0, 0.05) is 19.1 Å². The number of nitrogens with one attached hydrogen (secondary N) is 2. The summed E-state index contributed by atoms with van der Waals surface area (Å²) in [4.78, 5) is 28.4. The van der Waals surface area contributed by atoms with Crippen molar-refractivity contribution in [2.24, 2.45) is 23.0 Å². The Morgan fingerprint density at radius 2 is 1.76 bits per heavy atom. The Morgan fingerprint density at radius 1 is 1.09 bits per heavy atom. The van der Waals surface area contributed by atoms with Gasteiger partial charge >= 0.3 is 6.09 Å². The van der Waals surface area contributed by atoms with E-state index in [1.165, 1.54) is 12.8 Å². The van der Waals surface area contributed by atoms with E-state index in [1.807, 2.05) is 0 Å². The number of hydrogen-bond donors (Lipinski definition) is 3. The number of carbonyl (C=O) groups excluding carboxylic acids is 2. The number of hydrogen-bond acceptors (Lipinski definition) is 5. The van der Waals surface area contributed by atoms with Crippen molar-refractivity contribution in [3.05, 3.63) is 0 Å². The number of rotatable bonds is 8. The highest BCUT2D eigenvalue weighted by Gasteiger charge is 2.45. The van der Waals surface area contributed by atoms with Gasteiger partial charge in [-0.2, -0.15) is 0 Å². The number of likely N-dealkylation sites (tertiary alicyclic amines) is 1. The molecule has 0 radical (unpaired) electrons. The Balaban J connectivity index is 1.68. The number of amides is 2. The third-order valence-corrected chi connectivity index (χ3v) is 8.70. The van der Waals surface area contributed by atoms with Gasteiger partial charge in [-0.25, -0.2) is 4.79 Å². The van der Waals surface area contributed by atoms with Gasteiger partial charge in [-0.3, -0.25) is 4.79 Å². The first-order chi connectivity index (χ1) is 15.7. The van der Waals surface area contributed by atoms with E-state index in [1.54, 1.807) is 6.92 Å². The number of alkyl carbamates (subject to hydrolysis) is 1. The van der Waals surface area contributed by atoms with Gasteiger partial charge in [-0.05, 0) is 75.5 Å². The zero-order chi connectivity index (χ0) is 24.0. The van der Waals surface area contributed by atoms with E-state index in [9.17, 15) is 9.59 Å². The molecule has 1 aliphatic heterocycles. The van der Waals surface area contributed by atoms with Crippen LogP contribution in [0.25, 0.3) is 0 Å². The lowest BCUT2D eigenvalue weighted by Crippen LogP contribution is -2.59. The number of nitrogens with zero attached hydrogens (tertiary/aromatic N) is 1. The highest BCUT2D eigenvalue weighted by molar-refractivity contribution is 7.80. The van der Waals surface area contributed by atoms with Crippen molar-refractivity contribution in [1.29, 1.82) is 0 Å². The van der Waals surface area contributed by atoms with Gasteiger partial charge in [0.25, 0.3) is 0 Å². The summed E-state index contributed by atoms with van der Waals surface area (Å²) < 4.78 is 5.21. The molecule has 8 heteroatoms. The van der Waals surface area contributed by atoms with Gasteiger partial charge in [0.15, 0.2) is 0 Å². The minimum atomic E-state index is -0.438. The second-order valence-electron chi connectivity index (χ2n) is 10.8. The van der Waals surface area contributed by atoms with Crippen LogP contribution in [0.2, 0.25) is 0 Å². The number of nitrogens with two attached hydrogens (primary N) is 1. The molecule has 0 spiro atoms. The molecule has 0 aromatic heterocycles. The highest BCUT2D eigenvalue weighted by Crippen LogP contribution is 2.43. The zero-order valence-corrected chi connectivity index (χ0v) is 21.6. The van der Waals surface area contributed by atoms with Crippen LogP contribution in [-0.4, -0.2) is 59.7 Å². The minimum Gasteiger partial charge on any atom is -0.450 e. The molecule has 0 aromatic rings. The first kappa shape index (κ1) is 26.2. The number of ether oxygens (including phenoxy) is 1. The van der Waals surface area contributed by atoms with E-state index >= 15 is 0 Å². The van der Waals surface area contributed by atoms with Gasteiger partial charge in [0.2, 0.25) is 5.91 Å². The molecule has 2 amide bonds. The van der Waals surface area contributed by atoms with Gasteiger partial charge in [0.1, 0.15) is 11.0 Å². The Kier molecular flexibility index (Phi) is 9.39. The highest BCUT2D eigenvalue weighted by atomic mass is 32.1. The second kappa shape index (κ2) is 11.8. The second-order valence-corrected chi connectivity index (χ2v) is 11.2. The fraction of sp³-hybridized carbons (Fsp3) is 0.880. The van der Waals surface area contributed by atoms with Crippen molar-refractivity contribution in [1.82, 2.24) is 15.5 Å². The van der Waals surface area contributed by atoms with E-state index in [0.717, 1.165) is 57.9 Å². The topological polar surface area (TPSA) is 96.7 Å². The van der Waals surface area contributed by atoms with E-state index in [0.29, 0.717) is 36.0 Å². The van der Waals surface area contributed by atoms with Crippen LogP contribution >= 0.6 is 12.2 Å². The normalized spacial score (nSPS) is 27.3. The van der Waals surface area contributed by atoms with Crippen LogP contribution in [0.15, 0.2) is 0 Å². The van der Waals surface area contributed by atoms with Crippen LogP contribution in [0.1, 0.15) is 85.0 Å². The Hall–Kier alpha value is -1.41. The summed E-state index contributed by atoms with van der Waals surface area (Å²) in [6.45, 7) is 7.97. The fourth-order valence-electron chi connectivity index (χ4n) is 5.99. The summed E-state index contributed by atoms with van der Waals surface area (Å²) in [5, 5.41) is 6.27. The van der Waals surface area contributed by atoms with E-state index < -0.39 is 6.09 Å². The van der Waals surface area contributed by atoms with Crippen molar-refractivity contribution in [3.63, 3.8) is 0 Å². The smallest absolute Gasteiger partial charge is 0.407 e. The van der Waals surface area contributed by atoms with Crippen molar-refractivity contribution in [2.75, 3.05) is 19.7 Å². The first-order valence-electron chi connectivity index (χ1n) is 13.0. The average Bonchev–Trinajstić information content (AvgIpc) is 3.49. The lowest BCUT2D eigenvalue weighted by Gasteiger charge is -2.43. The predicted octanol–water partition coefficient (Wildman–Crippen LogP) is 3.74. The fourth-order valence-corrected chi connectivity index (χ4v) is 6.57. The monoisotopic (exact) mass is 480 g/mol. The Bertz CT molecular complexity index is 687. The molecule has 0 bridgehead atoms. The lowest BCUT2D eigenvalue weighted by molar-refractivity contribution is -0.124. The summed E-state index contributed by atoms with van der Waals surface area (Å²) >= 11 is 6.00. The maximum Gasteiger partial charge on any atom is 0.407 e. The molecule has 0 unspecified atom stereocenters. The van der Waals surface area contributed by atoms with Crippen LogP contribution in [0, 0.1) is 17.3 Å². The van der Waals surface area contributed by atoms with Gasteiger partial charge in [0.05, 0.1) is 12.6 Å². The summed E-state index contributed by atoms with van der Waals surface area (Å²) in [5.41, 5.74) is 5.80. The lowest BCUT2D eigenvalue weighted by atomic mass is 9.71. The van der Waals surface area contributed by atoms with Crippen LogP contribution in [-0.2, 0) is 9.53 Å². The molecule has 1 heterocycles. The first-order valence-corrected chi connectivity index (χ1v) is 13.4. The molecule has 2 atom stereocenters. The molecule has 4 N–H and O–H groups in total. The molecule has 3 fully saturated rings. The molecule has 3 aliphatic rings. The molecular weight excluding hydrogens is 436 g/mol. The van der Waals surface area contributed by atoms with Crippen LogP contribution < -0.4 is 16.4 Å². The summed E-state index contributed by atoms with van der Waals surface area (Å²) in [6.07, 6.45) is 10.2. The molecule has 33 heavy (non-hydrogen) atoms. The molecule has 1 saturated heterocycles. The van der Waals surface area contributed by atoms with Crippen LogP contribution in [0.4, 0.5) is 4.79 Å². The third kappa shape index (κ3) is 6.59. The van der Waals surface area contributed by atoms with E-state index in [-0.39, 0.29) is 23.4 Å². The SMILES string of the molecule is CCOC(=O)N[C@H](C(=S)N1CCC[C@H]1C(=O)NCC1CCC(N)CC1)C(C)(C)C1CCCC1. The molecule has 2 aliphatic carbocycles. The van der Waals surface area contributed by atoms with Crippen molar-refractivity contribution < 1.29 is 14.3 Å². The van der Waals surface area contributed by atoms with Crippen LogP contribution in [0.5, 0.6) is 0 Å². The Morgan fingerprint density at radius 3 is 2.39 bits per heavy atom. The van der Waals surface area contributed by atoms with Crippen molar-refractivity contribution in [2.45, 2.75) is 103 Å². The maximum absolute atomic E-state index is 13.2. The number of thiocarbonyl (C=S) groups is 1. The third-order valence-electron chi connectivity index (χ3n) is 8.23. The molecule has 188 valence electrons. The molecule has 2 saturated carbocycles. The van der Waals surface area contributed by atoms with E-state index in [2.05, 4.69) is 29.4 Å². The van der Waals surface area contributed by atoms with Crippen molar-refractivity contribution in [3.8, 4) is 0 Å². The summed E-state index contributed by atoms with van der Waals surface area (Å²) in [5.74, 6) is 1.04. The maximum atomic E-state index is 13.2.